The van der Waals surface area contributed by atoms with Crippen LogP contribution in [0.3, 0.4) is 0 Å². The van der Waals surface area contributed by atoms with Crippen LogP contribution in [-0.4, -0.2) is 82.7 Å². The summed E-state index contributed by atoms with van der Waals surface area (Å²) in [7, 11) is 1.57. The van der Waals surface area contributed by atoms with Crippen molar-refractivity contribution in [2.24, 2.45) is 17.8 Å². The number of amides is 4. The van der Waals surface area contributed by atoms with Gasteiger partial charge in [-0.15, -0.1) is 0 Å². The van der Waals surface area contributed by atoms with E-state index in [1.807, 2.05) is 77.8 Å². The molecule has 272 valence electrons. The summed E-state index contributed by atoms with van der Waals surface area (Å²) in [5.74, 6) is -1.63. The van der Waals surface area contributed by atoms with Gasteiger partial charge >= 0.3 is 0 Å². The zero-order chi connectivity index (χ0) is 36.9. The van der Waals surface area contributed by atoms with E-state index < -0.39 is 12.0 Å². The normalized spacial score (nSPS) is 18.7. The fraction of sp³-hybridized carbons (Fsp3) is 0.310. The molecule has 0 saturated carbocycles. The van der Waals surface area contributed by atoms with Crippen LogP contribution >= 0.6 is 11.6 Å². The van der Waals surface area contributed by atoms with E-state index in [1.54, 1.807) is 30.4 Å². The van der Waals surface area contributed by atoms with Crippen molar-refractivity contribution < 1.29 is 19.2 Å². The van der Waals surface area contributed by atoms with Crippen molar-refractivity contribution in [1.82, 2.24) is 30.4 Å². The Labute approximate surface area is 313 Å². The predicted octanol–water partition coefficient (Wildman–Crippen LogP) is 5.53. The lowest BCUT2D eigenvalue weighted by atomic mass is 9.79. The van der Waals surface area contributed by atoms with Crippen molar-refractivity contribution in [3.8, 4) is 11.1 Å². The number of hydrogen-bond donors (Lipinski definition) is 3. The number of aryl methyl sites for hydroxylation is 1. The first-order valence-electron chi connectivity index (χ1n) is 18.2. The molecule has 2 fully saturated rings. The fourth-order valence-electron chi connectivity index (χ4n) is 7.91. The number of carbonyl (C=O) groups is 4. The minimum absolute atomic E-state index is 0.0979. The van der Waals surface area contributed by atoms with Crippen LogP contribution in [0, 0.1) is 17.8 Å². The first-order valence-corrected chi connectivity index (χ1v) is 18.5. The van der Waals surface area contributed by atoms with Crippen LogP contribution in [0.2, 0.25) is 5.02 Å². The number of nitrogens with zero attached hydrogens (tertiary/aromatic N) is 3. The number of likely N-dealkylation sites (tertiary alicyclic amines) is 2. The smallest absolute Gasteiger partial charge is 0.253 e. The highest BCUT2D eigenvalue weighted by Crippen LogP contribution is 2.37. The average Bonchev–Trinajstić information content (AvgIpc) is 3.81. The Hall–Kier alpha value is -5.48. The monoisotopic (exact) mass is 730 g/mol. The zero-order valence-electron chi connectivity index (χ0n) is 29.6. The van der Waals surface area contributed by atoms with Crippen molar-refractivity contribution in [2.45, 2.75) is 31.7 Å². The van der Waals surface area contributed by atoms with E-state index in [1.165, 1.54) is 5.56 Å². The summed E-state index contributed by atoms with van der Waals surface area (Å²) < 4.78 is 0. The van der Waals surface area contributed by atoms with Gasteiger partial charge in [0.2, 0.25) is 17.7 Å². The van der Waals surface area contributed by atoms with Crippen LogP contribution in [-0.2, 0) is 27.2 Å². The third-order valence-corrected chi connectivity index (χ3v) is 11.0. The molecule has 53 heavy (non-hydrogen) atoms. The number of aromatic nitrogens is 2. The summed E-state index contributed by atoms with van der Waals surface area (Å²) in [5, 5.41) is 7.29. The number of fused-ring (bicyclic) bond motifs is 2. The second-order valence-electron chi connectivity index (χ2n) is 14.1. The highest BCUT2D eigenvalue weighted by atomic mass is 35.5. The lowest BCUT2D eigenvalue weighted by Crippen LogP contribution is -2.56. The van der Waals surface area contributed by atoms with Crippen LogP contribution in [0.1, 0.15) is 34.3 Å². The third-order valence-electron chi connectivity index (χ3n) is 10.8. The maximum absolute atomic E-state index is 14.3. The average molecular weight is 731 g/mol. The summed E-state index contributed by atoms with van der Waals surface area (Å²) >= 11 is 6.19. The van der Waals surface area contributed by atoms with E-state index in [4.69, 9.17) is 11.6 Å². The highest BCUT2D eigenvalue weighted by molar-refractivity contribution is 6.31. The Morgan fingerprint density at radius 1 is 0.887 bits per heavy atom. The Morgan fingerprint density at radius 3 is 2.38 bits per heavy atom. The van der Waals surface area contributed by atoms with Crippen LogP contribution in [0.15, 0.2) is 104 Å². The first kappa shape index (κ1) is 35.9. The summed E-state index contributed by atoms with van der Waals surface area (Å²) in [6, 6.07) is 26.2. The molecule has 0 spiro atoms. The number of halogens is 1. The largest absolute Gasteiger partial charge is 0.361 e. The van der Waals surface area contributed by atoms with Gasteiger partial charge in [-0.2, -0.15) is 0 Å². The van der Waals surface area contributed by atoms with Gasteiger partial charge in [-0.3, -0.25) is 24.2 Å². The number of piperidine rings is 1. The van der Waals surface area contributed by atoms with Gasteiger partial charge in [0.05, 0.1) is 12.3 Å². The lowest BCUT2D eigenvalue weighted by molar-refractivity contribution is -0.140. The van der Waals surface area contributed by atoms with Crippen molar-refractivity contribution in [2.75, 3.05) is 33.2 Å². The molecule has 2 aliphatic rings. The van der Waals surface area contributed by atoms with Gasteiger partial charge < -0.3 is 25.4 Å². The molecule has 3 N–H and O–H groups in total. The Balaban J connectivity index is 1.09. The van der Waals surface area contributed by atoms with E-state index in [-0.39, 0.29) is 48.4 Å². The molecular formula is C42H43ClN6O4. The first-order chi connectivity index (χ1) is 25.8. The van der Waals surface area contributed by atoms with Crippen LogP contribution in [0.25, 0.3) is 22.0 Å². The van der Waals surface area contributed by atoms with E-state index >= 15 is 0 Å². The molecule has 5 aromatic rings. The molecule has 2 aliphatic heterocycles. The van der Waals surface area contributed by atoms with E-state index in [0.29, 0.717) is 43.1 Å². The molecule has 3 aromatic carbocycles. The van der Waals surface area contributed by atoms with Gasteiger partial charge in [-0.1, -0.05) is 60.1 Å². The molecule has 11 heteroatoms. The van der Waals surface area contributed by atoms with Gasteiger partial charge in [0.25, 0.3) is 5.91 Å². The third kappa shape index (κ3) is 8.13. The standard InChI is InChI=1S/C42H43ClN6O4/c1-44-41(52)37(9-5-8-27-6-3-2-4-7-27)47-40(51)36-26-48(39(50)20-31-22-46-38-21-33(43)14-15-34(31)38)23-32-24-49(25-35(32)36)42(53)30-12-10-28(11-13-30)29-16-18-45-19-17-29/h2-4,6-7,10-19,21-22,32,35-37,46H,5,8-9,20,23-26H2,1H3,(H,44,52)(H,47,51)/t32?,35?,36?,37-/m0/s1. The molecule has 7 rings (SSSR count). The minimum Gasteiger partial charge on any atom is -0.361 e. The maximum Gasteiger partial charge on any atom is 0.253 e. The van der Waals surface area contributed by atoms with Crippen LogP contribution in [0.4, 0.5) is 0 Å². The molecule has 0 radical (unpaired) electrons. The van der Waals surface area contributed by atoms with Crippen molar-refractivity contribution >= 4 is 46.1 Å². The predicted molar refractivity (Wildman–Crippen MR) is 205 cm³/mol. The second kappa shape index (κ2) is 16.0. The topological polar surface area (TPSA) is 128 Å². The van der Waals surface area contributed by atoms with Crippen molar-refractivity contribution in [3.63, 3.8) is 0 Å². The van der Waals surface area contributed by atoms with Gasteiger partial charge in [-0.05, 0) is 89.8 Å². The van der Waals surface area contributed by atoms with Gasteiger partial charge in [0.15, 0.2) is 0 Å². The number of carbonyl (C=O) groups excluding carboxylic acids is 4. The number of rotatable bonds is 11. The summed E-state index contributed by atoms with van der Waals surface area (Å²) in [6.45, 7) is 1.44. The fourth-order valence-corrected chi connectivity index (χ4v) is 8.08. The van der Waals surface area contributed by atoms with E-state index in [0.717, 1.165) is 34.0 Å². The molecule has 4 atom stereocenters. The van der Waals surface area contributed by atoms with Gasteiger partial charge in [-0.25, -0.2) is 0 Å². The quantitative estimate of drug-likeness (QED) is 0.165. The number of aromatic amines is 1. The second-order valence-corrected chi connectivity index (χ2v) is 14.5. The molecule has 4 amide bonds. The highest BCUT2D eigenvalue weighted by Gasteiger charge is 2.48. The molecule has 2 aromatic heterocycles. The molecule has 4 heterocycles. The Morgan fingerprint density at radius 2 is 1.62 bits per heavy atom. The molecule has 0 aliphatic carbocycles. The SMILES string of the molecule is CNC(=O)[C@H](CCCc1ccccc1)NC(=O)C1CN(C(=O)Cc2c[nH]c3cc(Cl)ccc23)CC2CN(C(=O)c3ccc(-c4ccncc4)cc3)CC21. The molecule has 2 saturated heterocycles. The maximum atomic E-state index is 14.3. The Bertz CT molecular complexity index is 2090. The number of hydrogen-bond acceptors (Lipinski definition) is 5. The van der Waals surface area contributed by atoms with Crippen molar-refractivity contribution in [1.29, 1.82) is 0 Å². The zero-order valence-corrected chi connectivity index (χ0v) is 30.4. The molecular weight excluding hydrogens is 688 g/mol. The van der Waals surface area contributed by atoms with Gasteiger partial charge in [0, 0.05) is 73.3 Å². The number of nitrogens with one attached hydrogen (secondary N) is 3. The minimum atomic E-state index is -0.725. The van der Waals surface area contributed by atoms with Crippen LogP contribution in [0.5, 0.6) is 0 Å². The van der Waals surface area contributed by atoms with E-state index in [9.17, 15) is 19.2 Å². The number of H-pyrrole nitrogens is 1. The summed E-state index contributed by atoms with van der Waals surface area (Å²) in [5.41, 5.74) is 5.42. The van der Waals surface area contributed by atoms with Crippen LogP contribution < -0.4 is 10.6 Å². The van der Waals surface area contributed by atoms with E-state index in [2.05, 4.69) is 32.7 Å². The van der Waals surface area contributed by atoms with Crippen molar-refractivity contribution in [3.05, 3.63) is 125 Å². The van der Waals surface area contributed by atoms with Gasteiger partial charge in [0.1, 0.15) is 6.04 Å². The summed E-state index contributed by atoms with van der Waals surface area (Å²) in [6.07, 6.45) is 7.41. The summed E-state index contributed by atoms with van der Waals surface area (Å²) in [4.78, 5) is 66.0. The number of pyridine rings is 1. The molecule has 3 unspecified atom stereocenters. The molecule has 10 nitrogen and oxygen atoms in total. The molecule has 0 bridgehead atoms. The number of likely N-dealkylation sites (N-methyl/N-ethyl adjacent to an activating group) is 1. The number of benzene rings is 3. The lowest BCUT2D eigenvalue weighted by Gasteiger charge is -2.40. The Kier molecular flexibility index (Phi) is 10.9.